The van der Waals surface area contributed by atoms with Gasteiger partial charge in [0.05, 0.1) is 21.3 Å². The molecule has 0 aliphatic heterocycles. The summed E-state index contributed by atoms with van der Waals surface area (Å²) in [7, 11) is 6.80. The Labute approximate surface area is 207 Å². The first-order valence-electron chi connectivity index (χ1n) is 10.0. The van der Waals surface area contributed by atoms with E-state index >= 15 is 0 Å². The fourth-order valence-electron chi connectivity index (χ4n) is 2.88. The summed E-state index contributed by atoms with van der Waals surface area (Å²) in [4.78, 5) is 5.49. The molecule has 0 radical (unpaired) electrons. The molecule has 0 saturated carbocycles. The van der Waals surface area contributed by atoms with Crippen molar-refractivity contribution in [2.45, 2.75) is 18.2 Å². The van der Waals surface area contributed by atoms with Gasteiger partial charge in [-0.2, -0.15) is 0 Å². The van der Waals surface area contributed by atoms with Gasteiger partial charge in [0.25, 0.3) is 0 Å². The summed E-state index contributed by atoms with van der Waals surface area (Å²) in [5.41, 5.74) is 1.18. The van der Waals surface area contributed by atoms with Gasteiger partial charge < -0.3 is 24.8 Å². The van der Waals surface area contributed by atoms with Gasteiger partial charge in [0, 0.05) is 30.8 Å². The highest BCUT2D eigenvalue weighted by Crippen LogP contribution is 2.30. The van der Waals surface area contributed by atoms with Crippen LogP contribution < -0.4 is 24.8 Å². The lowest BCUT2D eigenvalue weighted by atomic mass is 10.1. The standard InChI is InChI=1S/C23H33N3O3S.HI/c1-17(16-30-22-9-7-6-8-20(22)28-4)15-26-23(24-2)25-13-12-18-10-11-19(27-3)21(14-18)29-5;/h6-11,14,17H,12-13,15-16H2,1-5H3,(H2,24,25,26);1H. The Kier molecular flexibility index (Phi) is 13.2. The number of halogens is 1. The number of para-hydroxylation sites is 1. The van der Waals surface area contributed by atoms with Crippen molar-refractivity contribution in [3.8, 4) is 17.2 Å². The second-order valence-corrected chi connectivity index (χ2v) is 7.95. The average molecular weight is 560 g/mol. The Morgan fingerprint density at radius 2 is 1.68 bits per heavy atom. The molecule has 0 spiro atoms. The van der Waals surface area contributed by atoms with Gasteiger partial charge >= 0.3 is 0 Å². The second-order valence-electron chi connectivity index (χ2n) is 6.89. The van der Waals surface area contributed by atoms with E-state index in [1.165, 1.54) is 10.5 Å². The summed E-state index contributed by atoms with van der Waals surface area (Å²) < 4.78 is 16.1. The Morgan fingerprint density at radius 1 is 0.968 bits per heavy atom. The van der Waals surface area contributed by atoms with E-state index in [4.69, 9.17) is 14.2 Å². The molecule has 2 aromatic rings. The number of benzene rings is 2. The molecule has 0 aliphatic rings. The van der Waals surface area contributed by atoms with Crippen molar-refractivity contribution >= 4 is 41.7 Å². The molecule has 0 aliphatic carbocycles. The summed E-state index contributed by atoms with van der Waals surface area (Å²) in [5.74, 6) is 4.70. The molecule has 1 unspecified atom stereocenters. The van der Waals surface area contributed by atoms with Crippen molar-refractivity contribution in [2.24, 2.45) is 10.9 Å². The molecule has 8 heteroatoms. The van der Waals surface area contributed by atoms with Crippen LogP contribution in [0, 0.1) is 5.92 Å². The number of hydrogen-bond acceptors (Lipinski definition) is 5. The highest BCUT2D eigenvalue weighted by Gasteiger charge is 2.08. The van der Waals surface area contributed by atoms with Crippen LogP contribution in [0.2, 0.25) is 0 Å². The summed E-state index contributed by atoms with van der Waals surface area (Å²) in [6, 6.07) is 14.1. The minimum Gasteiger partial charge on any atom is -0.496 e. The first-order valence-corrected chi connectivity index (χ1v) is 11.0. The van der Waals surface area contributed by atoms with Crippen LogP contribution >= 0.6 is 35.7 Å². The monoisotopic (exact) mass is 559 g/mol. The molecular weight excluding hydrogens is 525 g/mol. The SMILES string of the molecule is CN=C(NCCc1ccc(OC)c(OC)c1)NCC(C)CSc1ccccc1OC.I. The van der Waals surface area contributed by atoms with Crippen LogP contribution in [0.15, 0.2) is 52.4 Å². The predicted molar refractivity (Wildman–Crippen MR) is 141 cm³/mol. The van der Waals surface area contributed by atoms with Gasteiger partial charge in [-0.1, -0.05) is 25.1 Å². The van der Waals surface area contributed by atoms with Gasteiger partial charge in [0.1, 0.15) is 5.75 Å². The maximum absolute atomic E-state index is 5.42. The molecular formula is C23H34IN3O3S. The molecule has 2 N–H and O–H groups in total. The van der Waals surface area contributed by atoms with Crippen LogP contribution in [0.1, 0.15) is 12.5 Å². The van der Waals surface area contributed by atoms with Gasteiger partial charge in [0.15, 0.2) is 17.5 Å². The minimum atomic E-state index is 0. The maximum atomic E-state index is 5.42. The van der Waals surface area contributed by atoms with Gasteiger partial charge in [-0.15, -0.1) is 35.7 Å². The number of guanidine groups is 1. The number of thioether (sulfide) groups is 1. The third-order valence-corrected chi connectivity index (χ3v) is 5.97. The molecule has 172 valence electrons. The topological polar surface area (TPSA) is 64.1 Å². The van der Waals surface area contributed by atoms with Gasteiger partial charge in [-0.05, 0) is 42.2 Å². The first-order chi connectivity index (χ1) is 14.6. The van der Waals surface area contributed by atoms with Crippen molar-refractivity contribution in [3.63, 3.8) is 0 Å². The molecule has 1 atom stereocenters. The van der Waals surface area contributed by atoms with E-state index in [9.17, 15) is 0 Å². The van der Waals surface area contributed by atoms with E-state index in [0.29, 0.717) is 5.92 Å². The summed E-state index contributed by atoms with van der Waals surface area (Å²) >= 11 is 1.81. The van der Waals surface area contributed by atoms with E-state index in [0.717, 1.165) is 48.5 Å². The Bertz CT molecular complexity index is 820. The second kappa shape index (κ2) is 15.1. The Morgan fingerprint density at radius 3 is 2.35 bits per heavy atom. The number of nitrogens with zero attached hydrogens (tertiary/aromatic N) is 1. The fraction of sp³-hybridized carbons (Fsp3) is 0.435. The summed E-state index contributed by atoms with van der Waals surface area (Å²) in [6.07, 6.45) is 0.861. The summed E-state index contributed by atoms with van der Waals surface area (Å²) in [6.45, 7) is 3.85. The van der Waals surface area contributed by atoms with Crippen LogP contribution in [0.5, 0.6) is 17.2 Å². The number of ether oxygens (including phenoxy) is 3. The summed E-state index contributed by atoms with van der Waals surface area (Å²) in [5, 5.41) is 6.78. The Hall–Kier alpha value is -1.81. The van der Waals surface area contributed by atoms with E-state index in [1.54, 1.807) is 28.4 Å². The number of hydrogen-bond donors (Lipinski definition) is 2. The van der Waals surface area contributed by atoms with Crippen LogP contribution in [-0.4, -0.2) is 53.2 Å². The highest BCUT2D eigenvalue weighted by atomic mass is 127. The normalized spacial score (nSPS) is 11.8. The van der Waals surface area contributed by atoms with Crippen LogP contribution in [0.25, 0.3) is 0 Å². The van der Waals surface area contributed by atoms with Crippen molar-refractivity contribution in [3.05, 3.63) is 48.0 Å². The molecule has 0 bridgehead atoms. The zero-order chi connectivity index (χ0) is 21.8. The lowest BCUT2D eigenvalue weighted by Crippen LogP contribution is -2.40. The number of aliphatic imine (C=N–C) groups is 1. The zero-order valence-electron chi connectivity index (χ0n) is 18.9. The molecule has 2 aromatic carbocycles. The molecule has 6 nitrogen and oxygen atoms in total. The lowest BCUT2D eigenvalue weighted by Gasteiger charge is -2.16. The zero-order valence-corrected chi connectivity index (χ0v) is 22.1. The van der Waals surface area contributed by atoms with E-state index in [-0.39, 0.29) is 24.0 Å². The van der Waals surface area contributed by atoms with E-state index in [2.05, 4.69) is 34.7 Å². The van der Waals surface area contributed by atoms with E-state index < -0.39 is 0 Å². The number of nitrogens with one attached hydrogen (secondary N) is 2. The molecule has 0 fully saturated rings. The van der Waals surface area contributed by atoms with Gasteiger partial charge in [-0.3, -0.25) is 4.99 Å². The highest BCUT2D eigenvalue weighted by molar-refractivity contribution is 14.0. The maximum Gasteiger partial charge on any atom is 0.190 e. The third-order valence-electron chi connectivity index (χ3n) is 4.59. The van der Waals surface area contributed by atoms with Crippen molar-refractivity contribution in [1.82, 2.24) is 10.6 Å². The number of rotatable bonds is 11. The largest absolute Gasteiger partial charge is 0.496 e. The molecule has 0 saturated heterocycles. The van der Waals surface area contributed by atoms with Crippen LogP contribution in [0.4, 0.5) is 0 Å². The quantitative estimate of drug-likeness (QED) is 0.184. The van der Waals surface area contributed by atoms with Crippen LogP contribution in [-0.2, 0) is 6.42 Å². The Balaban J connectivity index is 0.00000480. The van der Waals surface area contributed by atoms with Gasteiger partial charge in [-0.25, -0.2) is 0 Å². The molecule has 0 amide bonds. The van der Waals surface area contributed by atoms with Crippen molar-refractivity contribution < 1.29 is 14.2 Å². The predicted octanol–water partition coefficient (Wildman–Crippen LogP) is 4.47. The first kappa shape index (κ1) is 27.2. The average Bonchev–Trinajstić information content (AvgIpc) is 2.79. The minimum absolute atomic E-state index is 0. The molecule has 0 heterocycles. The van der Waals surface area contributed by atoms with Gasteiger partial charge in [0.2, 0.25) is 0 Å². The van der Waals surface area contributed by atoms with Crippen molar-refractivity contribution in [1.29, 1.82) is 0 Å². The van der Waals surface area contributed by atoms with Crippen LogP contribution in [0.3, 0.4) is 0 Å². The smallest absolute Gasteiger partial charge is 0.190 e. The lowest BCUT2D eigenvalue weighted by molar-refractivity contribution is 0.354. The third kappa shape index (κ3) is 9.06. The van der Waals surface area contributed by atoms with E-state index in [1.807, 2.05) is 42.1 Å². The van der Waals surface area contributed by atoms with Crippen molar-refractivity contribution in [2.75, 3.05) is 47.2 Å². The molecule has 2 rings (SSSR count). The molecule has 0 aromatic heterocycles. The number of methoxy groups -OCH3 is 3. The molecule has 31 heavy (non-hydrogen) atoms. The fourth-order valence-corrected chi connectivity index (χ4v) is 3.93.